The van der Waals surface area contributed by atoms with Crippen molar-refractivity contribution >= 4 is 28.5 Å². The van der Waals surface area contributed by atoms with Crippen LogP contribution in [0.1, 0.15) is 15.9 Å². The fourth-order valence-corrected chi connectivity index (χ4v) is 2.13. The average molecular weight is 341 g/mol. The molecule has 1 aromatic carbocycles. The second kappa shape index (κ2) is 5.86. The summed E-state index contributed by atoms with van der Waals surface area (Å²) in [5.41, 5.74) is 1.81. The third-order valence-corrected chi connectivity index (χ3v) is 3.34. The van der Waals surface area contributed by atoms with Crippen molar-refractivity contribution in [2.45, 2.75) is 6.42 Å². The third-order valence-electron chi connectivity index (χ3n) is 2.40. The zero-order valence-corrected chi connectivity index (χ0v) is 11.3. The Morgan fingerprint density at radius 1 is 1.29 bits per heavy atom. The van der Waals surface area contributed by atoms with Gasteiger partial charge < -0.3 is 9.73 Å². The van der Waals surface area contributed by atoms with Crippen molar-refractivity contribution in [1.82, 2.24) is 5.32 Å². The second-order valence-electron chi connectivity index (χ2n) is 3.62. The van der Waals surface area contributed by atoms with Gasteiger partial charge in [0.25, 0.3) is 5.91 Å². The Hall–Kier alpha value is -1.30. The Morgan fingerprint density at radius 2 is 2.12 bits per heavy atom. The summed E-state index contributed by atoms with van der Waals surface area (Å²) in [5.74, 6) is -0.0292. The lowest BCUT2D eigenvalue weighted by Crippen LogP contribution is -2.26. The molecule has 0 fully saturated rings. The van der Waals surface area contributed by atoms with Gasteiger partial charge in [0, 0.05) is 10.1 Å². The van der Waals surface area contributed by atoms with E-state index in [-0.39, 0.29) is 5.91 Å². The summed E-state index contributed by atoms with van der Waals surface area (Å²) in [4.78, 5) is 11.9. The van der Waals surface area contributed by atoms with Crippen molar-refractivity contribution in [2.24, 2.45) is 0 Å². The van der Waals surface area contributed by atoms with Crippen LogP contribution in [-0.4, -0.2) is 12.5 Å². The highest BCUT2D eigenvalue weighted by Gasteiger charge is 2.07. The fourth-order valence-electron chi connectivity index (χ4n) is 1.50. The van der Waals surface area contributed by atoms with E-state index >= 15 is 0 Å². The normalized spacial score (nSPS) is 10.2. The van der Waals surface area contributed by atoms with Crippen LogP contribution in [0.4, 0.5) is 0 Å². The van der Waals surface area contributed by atoms with E-state index in [0.29, 0.717) is 6.54 Å². The van der Waals surface area contributed by atoms with Gasteiger partial charge in [-0.2, -0.15) is 0 Å². The molecule has 0 spiro atoms. The first-order chi connectivity index (χ1) is 8.27. The summed E-state index contributed by atoms with van der Waals surface area (Å²) in [6.45, 7) is 0.614. The van der Waals surface area contributed by atoms with Gasteiger partial charge in [-0.1, -0.05) is 12.1 Å². The number of furan rings is 1. The predicted molar refractivity (Wildman–Crippen MR) is 73.9 cm³/mol. The molecular weight excluding hydrogens is 329 g/mol. The SMILES string of the molecule is O=C(NCCc1ccoc1)c1ccccc1I. The van der Waals surface area contributed by atoms with Gasteiger partial charge >= 0.3 is 0 Å². The molecule has 1 aromatic heterocycles. The quantitative estimate of drug-likeness (QED) is 0.869. The van der Waals surface area contributed by atoms with Crippen LogP contribution in [0.2, 0.25) is 0 Å². The largest absolute Gasteiger partial charge is 0.472 e. The van der Waals surface area contributed by atoms with E-state index in [0.717, 1.165) is 21.1 Å². The lowest BCUT2D eigenvalue weighted by Gasteiger charge is -2.05. The number of amides is 1. The molecule has 1 N–H and O–H groups in total. The van der Waals surface area contributed by atoms with Gasteiger partial charge in [-0.3, -0.25) is 4.79 Å². The maximum atomic E-state index is 11.9. The van der Waals surface area contributed by atoms with E-state index < -0.39 is 0 Å². The van der Waals surface area contributed by atoms with Crippen molar-refractivity contribution < 1.29 is 9.21 Å². The summed E-state index contributed by atoms with van der Waals surface area (Å²) in [5, 5.41) is 2.89. The number of nitrogens with one attached hydrogen (secondary N) is 1. The zero-order valence-electron chi connectivity index (χ0n) is 9.15. The predicted octanol–water partition coefficient (Wildman–Crippen LogP) is 2.86. The first-order valence-corrected chi connectivity index (χ1v) is 6.39. The summed E-state index contributed by atoms with van der Waals surface area (Å²) in [6.07, 6.45) is 4.11. The van der Waals surface area contributed by atoms with Crippen LogP contribution in [-0.2, 0) is 6.42 Å². The molecule has 2 aromatic rings. The molecule has 2 rings (SSSR count). The number of hydrogen-bond donors (Lipinski definition) is 1. The molecule has 0 saturated heterocycles. The van der Waals surface area contributed by atoms with Gasteiger partial charge in [-0.15, -0.1) is 0 Å². The van der Waals surface area contributed by atoms with Crippen molar-refractivity contribution in [1.29, 1.82) is 0 Å². The van der Waals surface area contributed by atoms with Crippen molar-refractivity contribution in [3.63, 3.8) is 0 Å². The fraction of sp³-hybridized carbons (Fsp3) is 0.154. The molecule has 4 heteroatoms. The van der Waals surface area contributed by atoms with Crippen LogP contribution in [0.25, 0.3) is 0 Å². The highest BCUT2D eigenvalue weighted by atomic mass is 127. The van der Waals surface area contributed by atoms with Crippen LogP contribution in [0, 0.1) is 3.57 Å². The van der Waals surface area contributed by atoms with E-state index in [1.165, 1.54) is 0 Å². The number of rotatable bonds is 4. The molecule has 1 amide bonds. The average Bonchev–Trinajstić information content (AvgIpc) is 2.82. The Morgan fingerprint density at radius 3 is 2.82 bits per heavy atom. The summed E-state index contributed by atoms with van der Waals surface area (Å²) in [6, 6.07) is 9.44. The van der Waals surface area contributed by atoms with Crippen LogP contribution in [0.15, 0.2) is 47.3 Å². The van der Waals surface area contributed by atoms with E-state index in [1.54, 1.807) is 12.5 Å². The number of hydrogen-bond acceptors (Lipinski definition) is 2. The van der Waals surface area contributed by atoms with Gasteiger partial charge in [0.15, 0.2) is 0 Å². The minimum absolute atomic E-state index is 0.0292. The van der Waals surface area contributed by atoms with Gasteiger partial charge in [0.1, 0.15) is 0 Å². The number of carbonyl (C=O) groups is 1. The molecule has 0 aliphatic carbocycles. The van der Waals surface area contributed by atoms with Crippen LogP contribution >= 0.6 is 22.6 Å². The summed E-state index contributed by atoms with van der Waals surface area (Å²) < 4.78 is 5.93. The van der Waals surface area contributed by atoms with E-state index in [4.69, 9.17) is 4.42 Å². The smallest absolute Gasteiger partial charge is 0.252 e. The lowest BCUT2D eigenvalue weighted by molar-refractivity contribution is 0.0953. The van der Waals surface area contributed by atoms with Crippen molar-refractivity contribution in [3.05, 3.63) is 57.6 Å². The Labute approximate surface area is 113 Å². The molecule has 3 nitrogen and oxygen atoms in total. The van der Waals surface area contributed by atoms with Gasteiger partial charge in [-0.05, 0) is 52.8 Å². The number of benzene rings is 1. The molecule has 0 aliphatic rings. The van der Waals surface area contributed by atoms with Crippen LogP contribution in [0.5, 0.6) is 0 Å². The summed E-state index contributed by atoms with van der Waals surface area (Å²) >= 11 is 2.16. The first kappa shape index (κ1) is 12.2. The highest BCUT2D eigenvalue weighted by Crippen LogP contribution is 2.11. The topological polar surface area (TPSA) is 42.2 Å². The standard InChI is InChI=1S/C13H12INO2/c14-12-4-2-1-3-11(12)13(16)15-7-5-10-6-8-17-9-10/h1-4,6,8-9H,5,7H2,(H,15,16). The molecule has 0 radical (unpaired) electrons. The number of carbonyl (C=O) groups excluding carboxylic acids is 1. The zero-order chi connectivity index (χ0) is 12.1. The first-order valence-electron chi connectivity index (χ1n) is 5.31. The highest BCUT2D eigenvalue weighted by molar-refractivity contribution is 14.1. The lowest BCUT2D eigenvalue weighted by atomic mass is 10.2. The van der Waals surface area contributed by atoms with E-state index in [1.807, 2.05) is 30.3 Å². The van der Waals surface area contributed by atoms with Crippen molar-refractivity contribution in [3.8, 4) is 0 Å². The summed E-state index contributed by atoms with van der Waals surface area (Å²) in [7, 11) is 0. The van der Waals surface area contributed by atoms with E-state index in [9.17, 15) is 4.79 Å². The molecule has 0 saturated carbocycles. The van der Waals surface area contributed by atoms with Gasteiger partial charge in [0.2, 0.25) is 0 Å². The molecule has 1 heterocycles. The molecule has 88 valence electrons. The molecule has 0 aliphatic heterocycles. The maximum absolute atomic E-state index is 11.9. The maximum Gasteiger partial charge on any atom is 0.252 e. The van der Waals surface area contributed by atoms with Gasteiger partial charge in [-0.25, -0.2) is 0 Å². The Bertz CT molecular complexity index is 494. The number of halogens is 1. The van der Waals surface area contributed by atoms with Gasteiger partial charge in [0.05, 0.1) is 18.1 Å². The van der Waals surface area contributed by atoms with E-state index in [2.05, 4.69) is 27.9 Å². The molecular formula is C13H12INO2. The Kier molecular flexibility index (Phi) is 4.19. The Balaban J connectivity index is 1.88. The van der Waals surface area contributed by atoms with Crippen LogP contribution < -0.4 is 5.32 Å². The second-order valence-corrected chi connectivity index (χ2v) is 4.78. The third kappa shape index (κ3) is 3.33. The van der Waals surface area contributed by atoms with Crippen LogP contribution in [0.3, 0.4) is 0 Å². The minimum atomic E-state index is -0.0292. The molecule has 17 heavy (non-hydrogen) atoms. The molecule has 0 atom stereocenters. The molecule has 0 unspecified atom stereocenters. The monoisotopic (exact) mass is 341 g/mol. The van der Waals surface area contributed by atoms with Crippen molar-refractivity contribution in [2.75, 3.05) is 6.54 Å². The minimum Gasteiger partial charge on any atom is -0.472 e. The molecule has 0 bridgehead atoms.